The second kappa shape index (κ2) is 5.06. The third-order valence-electron chi connectivity index (χ3n) is 3.09. The van der Waals surface area contributed by atoms with E-state index >= 15 is 0 Å². The lowest BCUT2D eigenvalue weighted by molar-refractivity contribution is 0.601. The highest BCUT2D eigenvalue weighted by Gasteiger charge is 2.17. The van der Waals surface area contributed by atoms with Crippen LogP contribution in [0.5, 0.6) is 0 Å². The van der Waals surface area contributed by atoms with Crippen LogP contribution in [0, 0.1) is 0 Å². The van der Waals surface area contributed by atoms with Crippen LogP contribution in [0.15, 0.2) is 65.7 Å². The van der Waals surface area contributed by atoms with Gasteiger partial charge in [0.05, 0.1) is 0 Å². The van der Waals surface area contributed by atoms with Gasteiger partial charge in [0, 0.05) is 11.9 Å². The smallest absolute Gasteiger partial charge is 0.265 e. The molecule has 1 heterocycles. The summed E-state index contributed by atoms with van der Waals surface area (Å²) in [5, 5.41) is 2.00. The number of nitrogens with zero attached hydrogens (tertiary/aromatic N) is 1. The number of sulfonamides is 1. The molecule has 0 saturated heterocycles. The molecule has 2 aromatic carbocycles. The van der Waals surface area contributed by atoms with Crippen molar-refractivity contribution in [2.45, 2.75) is 4.90 Å². The van der Waals surface area contributed by atoms with E-state index in [-0.39, 0.29) is 10.7 Å². The third kappa shape index (κ3) is 2.66. The Bertz CT molecular complexity index is 907. The predicted octanol–water partition coefficient (Wildman–Crippen LogP) is 2.62. The van der Waals surface area contributed by atoms with Crippen molar-refractivity contribution in [3.63, 3.8) is 0 Å². The molecule has 0 radical (unpaired) electrons. The molecule has 3 aromatic rings. The Morgan fingerprint density at radius 2 is 1.71 bits per heavy atom. The Morgan fingerprint density at radius 1 is 0.952 bits per heavy atom. The van der Waals surface area contributed by atoms with Crippen LogP contribution in [-0.4, -0.2) is 13.4 Å². The molecule has 0 unspecified atom stereocenters. The molecule has 0 aliphatic rings. The zero-order valence-corrected chi connectivity index (χ0v) is 11.8. The minimum Gasteiger partial charge on any atom is -0.383 e. The molecule has 0 saturated carbocycles. The first kappa shape index (κ1) is 13.4. The largest absolute Gasteiger partial charge is 0.383 e. The fourth-order valence-electron chi connectivity index (χ4n) is 2.09. The van der Waals surface area contributed by atoms with Gasteiger partial charge in [0.25, 0.3) is 10.0 Å². The first-order chi connectivity index (χ1) is 10.1. The quantitative estimate of drug-likeness (QED) is 0.778. The van der Waals surface area contributed by atoms with Crippen molar-refractivity contribution in [3.05, 3.63) is 60.8 Å². The average molecular weight is 299 g/mol. The minimum absolute atomic E-state index is 0.0224. The SMILES string of the molecule is Nc1ncccc1S(=O)(=O)Nc1ccc2ccccc2c1. The van der Waals surface area contributed by atoms with Crippen LogP contribution in [-0.2, 0) is 10.0 Å². The summed E-state index contributed by atoms with van der Waals surface area (Å²) >= 11 is 0. The second-order valence-electron chi connectivity index (χ2n) is 4.55. The summed E-state index contributed by atoms with van der Waals surface area (Å²) in [5.41, 5.74) is 6.10. The van der Waals surface area contributed by atoms with Gasteiger partial charge >= 0.3 is 0 Å². The van der Waals surface area contributed by atoms with Gasteiger partial charge in [-0.25, -0.2) is 13.4 Å². The number of rotatable bonds is 3. The number of pyridine rings is 1. The Balaban J connectivity index is 1.99. The number of benzene rings is 2. The molecule has 6 heteroatoms. The van der Waals surface area contributed by atoms with E-state index in [1.807, 2.05) is 30.3 Å². The standard InChI is InChI=1S/C15H13N3O2S/c16-15-14(6-3-9-17-15)21(19,20)18-13-8-7-11-4-1-2-5-12(11)10-13/h1-10,18H,(H2,16,17). The highest BCUT2D eigenvalue weighted by atomic mass is 32.2. The Morgan fingerprint density at radius 3 is 2.48 bits per heavy atom. The van der Waals surface area contributed by atoms with Gasteiger partial charge in [0.2, 0.25) is 0 Å². The molecule has 0 atom stereocenters. The fourth-order valence-corrected chi connectivity index (χ4v) is 3.23. The summed E-state index contributed by atoms with van der Waals surface area (Å²) in [5.74, 6) is -0.0224. The number of nitrogens with one attached hydrogen (secondary N) is 1. The number of hydrogen-bond donors (Lipinski definition) is 2. The van der Waals surface area contributed by atoms with Gasteiger partial charge in [-0.1, -0.05) is 30.3 Å². The van der Waals surface area contributed by atoms with Crippen LogP contribution in [0.4, 0.5) is 11.5 Å². The minimum atomic E-state index is -3.75. The van der Waals surface area contributed by atoms with Crippen molar-refractivity contribution in [1.29, 1.82) is 0 Å². The lowest BCUT2D eigenvalue weighted by Gasteiger charge is -2.10. The van der Waals surface area contributed by atoms with E-state index in [0.29, 0.717) is 5.69 Å². The molecule has 5 nitrogen and oxygen atoms in total. The fraction of sp³-hybridized carbons (Fsp3) is 0. The molecule has 106 valence electrons. The number of nitrogens with two attached hydrogens (primary N) is 1. The third-order valence-corrected chi connectivity index (χ3v) is 4.52. The molecule has 1 aromatic heterocycles. The Hall–Kier alpha value is -2.60. The van der Waals surface area contributed by atoms with Crippen molar-refractivity contribution in [3.8, 4) is 0 Å². The Labute approximate surface area is 122 Å². The van der Waals surface area contributed by atoms with Crippen molar-refractivity contribution in [2.24, 2.45) is 0 Å². The lowest BCUT2D eigenvalue weighted by atomic mass is 10.1. The summed E-state index contributed by atoms with van der Waals surface area (Å²) in [6.45, 7) is 0. The van der Waals surface area contributed by atoms with Gasteiger partial charge in [-0.15, -0.1) is 0 Å². The number of hydrogen-bond acceptors (Lipinski definition) is 4. The average Bonchev–Trinajstić information content (AvgIpc) is 2.47. The molecule has 0 aliphatic heterocycles. The van der Waals surface area contributed by atoms with Crippen LogP contribution in [0.3, 0.4) is 0 Å². The molecule has 0 bridgehead atoms. The van der Waals surface area contributed by atoms with Crippen molar-refractivity contribution in [1.82, 2.24) is 4.98 Å². The zero-order valence-electron chi connectivity index (χ0n) is 11.0. The number of aromatic nitrogens is 1. The van der Waals surface area contributed by atoms with Crippen LogP contribution in [0.1, 0.15) is 0 Å². The molecular formula is C15H13N3O2S. The van der Waals surface area contributed by atoms with E-state index in [1.165, 1.54) is 18.3 Å². The second-order valence-corrected chi connectivity index (χ2v) is 6.21. The van der Waals surface area contributed by atoms with Crippen molar-refractivity contribution >= 4 is 32.3 Å². The summed E-state index contributed by atoms with van der Waals surface area (Å²) in [4.78, 5) is 3.77. The van der Waals surface area contributed by atoms with E-state index in [9.17, 15) is 8.42 Å². The summed E-state index contributed by atoms with van der Waals surface area (Å²) in [7, 11) is -3.75. The summed E-state index contributed by atoms with van der Waals surface area (Å²) < 4.78 is 27.2. The van der Waals surface area contributed by atoms with Crippen LogP contribution in [0.25, 0.3) is 10.8 Å². The molecule has 21 heavy (non-hydrogen) atoms. The highest BCUT2D eigenvalue weighted by Crippen LogP contribution is 2.23. The number of anilines is 2. The normalized spacial score (nSPS) is 11.4. The highest BCUT2D eigenvalue weighted by molar-refractivity contribution is 7.92. The molecule has 3 N–H and O–H groups in total. The predicted molar refractivity (Wildman–Crippen MR) is 83.4 cm³/mol. The van der Waals surface area contributed by atoms with E-state index in [1.54, 1.807) is 12.1 Å². The van der Waals surface area contributed by atoms with Gasteiger partial charge in [0.15, 0.2) is 0 Å². The van der Waals surface area contributed by atoms with E-state index in [0.717, 1.165) is 10.8 Å². The van der Waals surface area contributed by atoms with Crippen molar-refractivity contribution < 1.29 is 8.42 Å². The van der Waals surface area contributed by atoms with Gasteiger partial charge in [-0.3, -0.25) is 4.72 Å². The van der Waals surface area contributed by atoms with Crippen LogP contribution < -0.4 is 10.5 Å². The van der Waals surface area contributed by atoms with Gasteiger partial charge in [0.1, 0.15) is 10.7 Å². The monoisotopic (exact) mass is 299 g/mol. The van der Waals surface area contributed by atoms with Gasteiger partial charge < -0.3 is 5.73 Å². The summed E-state index contributed by atoms with van der Waals surface area (Å²) in [6, 6.07) is 16.0. The first-order valence-corrected chi connectivity index (χ1v) is 7.77. The first-order valence-electron chi connectivity index (χ1n) is 6.28. The maximum Gasteiger partial charge on any atom is 0.265 e. The summed E-state index contributed by atoms with van der Waals surface area (Å²) in [6.07, 6.45) is 1.45. The molecule has 0 spiro atoms. The number of fused-ring (bicyclic) bond motifs is 1. The molecule has 0 fully saturated rings. The van der Waals surface area contributed by atoms with E-state index in [4.69, 9.17) is 5.73 Å². The Kier molecular flexibility index (Phi) is 3.23. The zero-order chi connectivity index (χ0) is 14.9. The van der Waals surface area contributed by atoms with Gasteiger partial charge in [-0.2, -0.15) is 0 Å². The topological polar surface area (TPSA) is 85.1 Å². The molecule has 0 amide bonds. The van der Waals surface area contributed by atoms with Crippen LogP contribution in [0.2, 0.25) is 0 Å². The van der Waals surface area contributed by atoms with Crippen LogP contribution >= 0.6 is 0 Å². The van der Waals surface area contributed by atoms with Gasteiger partial charge in [-0.05, 0) is 35.0 Å². The maximum absolute atomic E-state index is 12.3. The molecular weight excluding hydrogens is 286 g/mol. The molecule has 0 aliphatic carbocycles. The lowest BCUT2D eigenvalue weighted by Crippen LogP contribution is -2.15. The molecule has 3 rings (SSSR count). The van der Waals surface area contributed by atoms with E-state index < -0.39 is 10.0 Å². The van der Waals surface area contributed by atoms with E-state index in [2.05, 4.69) is 9.71 Å². The van der Waals surface area contributed by atoms with Crippen molar-refractivity contribution in [2.75, 3.05) is 10.5 Å². The maximum atomic E-state index is 12.3. The number of nitrogen functional groups attached to an aromatic ring is 1.